The van der Waals surface area contributed by atoms with Crippen LogP contribution in [0.3, 0.4) is 0 Å². The number of hydrogen-bond donors (Lipinski definition) is 0. The van der Waals surface area contributed by atoms with E-state index in [1.807, 2.05) is 29.8 Å². The first-order chi connectivity index (χ1) is 10.0. The second-order valence-corrected chi connectivity index (χ2v) is 6.14. The third-order valence-electron chi connectivity index (χ3n) is 3.70. The zero-order chi connectivity index (χ0) is 15.1. The number of methoxy groups -OCH3 is 1. The minimum atomic E-state index is -0.0894. The van der Waals surface area contributed by atoms with Crippen molar-refractivity contribution in [1.29, 1.82) is 0 Å². The Morgan fingerprint density at radius 3 is 2.29 bits per heavy atom. The first-order valence-electron chi connectivity index (χ1n) is 6.42. The third kappa shape index (κ3) is 2.32. The van der Waals surface area contributed by atoms with Crippen molar-refractivity contribution in [2.24, 2.45) is 0 Å². The van der Waals surface area contributed by atoms with E-state index in [1.54, 1.807) is 19.2 Å². The molecule has 2 nitrogen and oxygen atoms in total. The Labute approximate surface area is 138 Å². The Morgan fingerprint density at radius 1 is 1.05 bits per heavy atom. The van der Waals surface area contributed by atoms with Gasteiger partial charge in [0.25, 0.3) is 0 Å². The van der Waals surface area contributed by atoms with E-state index in [2.05, 4.69) is 6.07 Å². The molecule has 2 aromatic rings. The van der Waals surface area contributed by atoms with E-state index in [0.29, 0.717) is 15.1 Å². The first-order valence-corrected chi connectivity index (χ1v) is 7.55. The Kier molecular flexibility index (Phi) is 3.87. The maximum absolute atomic E-state index is 6.39. The van der Waals surface area contributed by atoms with Gasteiger partial charge in [0.2, 0.25) is 6.04 Å². The second-order valence-electron chi connectivity index (χ2n) is 4.89. The number of benzene rings is 2. The number of halogens is 3. The van der Waals surface area contributed by atoms with Gasteiger partial charge in [-0.25, -0.2) is 0 Å². The average molecular weight is 342 g/mol. The Hall–Kier alpha value is -1.22. The highest BCUT2D eigenvalue weighted by Gasteiger charge is 2.40. The molecule has 2 aromatic carbocycles. The molecule has 5 heteroatoms. The molecule has 3 rings (SSSR count). The van der Waals surface area contributed by atoms with Crippen LogP contribution in [-0.2, 0) is 4.74 Å². The molecule has 0 amide bonds. The number of hydrogen-bond acceptors (Lipinski definition) is 1. The Bertz CT molecular complexity index is 732. The van der Waals surface area contributed by atoms with Crippen molar-refractivity contribution in [3.05, 3.63) is 68.2 Å². The quantitative estimate of drug-likeness (QED) is 0.680. The molecule has 0 radical (unpaired) electrons. The van der Waals surface area contributed by atoms with E-state index in [0.717, 1.165) is 22.6 Å². The lowest BCUT2D eigenvalue weighted by Crippen LogP contribution is -2.17. The van der Waals surface area contributed by atoms with Gasteiger partial charge in [-0.15, -0.1) is 0 Å². The second kappa shape index (κ2) is 5.53. The van der Waals surface area contributed by atoms with E-state index in [-0.39, 0.29) is 6.04 Å². The summed E-state index contributed by atoms with van der Waals surface area (Å²) in [6.45, 7) is 0. The molecule has 0 spiro atoms. The predicted molar refractivity (Wildman–Crippen MR) is 87.1 cm³/mol. The van der Waals surface area contributed by atoms with Crippen LogP contribution in [0.2, 0.25) is 15.1 Å². The van der Waals surface area contributed by atoms with Gasteiger partial charge >= 0.3 is 5.90 Å². The summed E-state index contributed by atoms with van der Waals surface area (Å²) in [6, 6.07) is 11.4. The van der Waals surface area contributed by atoms with Crippen molar-refractivity contribution >= 4 is 40.7 Å². The SMILES string of the molecule is COC1=[N+](C)C(c2c(Cl)cc(Cl)cc2Cl)c2ccccc21. The van der Waals surface area contributed by atoms with Gasteiger partial charge in [0, 0.05) is 10.6 Å². The molecular weight excluding hydrogens is 329 g/mol. The van der Waals surface area contributed by atoms with E-state index < -0.39 is 0 Å². The van der Waals surface area contributed by atoms with E-state index >= 15 is 0 Å². The van der Waals surface area contributed by atoms with Crippen molar-refractivity contribution in [2.75, 3.05) is 14.2 Å². The van der Waals surface area contributed by atoms with Gasteiger partial charge in [-0.2, -0.15) is 4.58 Å². The number of ether oxygens (including phenoxy) is 1. The molecule has 1 atom stereocenters. The molecular formula is C16H13Cl3NO+. The van der Waals surface area contributed by atoms with Crippen LogP contribution in [0.25, 0.3) is 0 Å². The summed E-state index contributed by atoms with van der Waals surface area (Å²) < 4.78 is 7.57. The molecule has 0 saturated carbocycles. The smallest absolute Gasteiger partial charge is 0.370 e. The lowest BCUT2D eigenvalue weighted by Gasteiger charge is -2.13. The molecule has 0 saturated heterocycles. The van der Waals surface area contributed by atoms with Crippen LogP contribution in [0.1, 0.15) is 22.7 Å². The Balaban J connectivity index is 2.27. The molecule has 1 heterocycles. The highest BCUT2D eigenvalue weighted by atomic mass is 35.5. The zero-order valence-corrected chi connectivity index (χ0v) is 13.8. The molecule has 0 aliphatic carbocycles. The average Bonchev–Trinajstić information content (AvgIpc) is 2.70. The lowest BCUT2D eigenvalue weighted by molar-refractivity contribution is -0.535. The summed E-state index contributed by atoms with van der Waals surface area (Å²) in [4.78, 5) is 0. The van der Waals surface area contributed by atoms with Gasteiger partial charge in [-0.3, -0.25) is 0 Å². The topological polar surface area (TPSA) is 12.2 Å². The van der Waals surface area contributed by atoms with E-state index in [9.17, 15) is 0 Å². The van der Waals surface area contributed by atoms with Crippen LogP contribution in [0, 0.1) is 0 Å². The minimum absolute atomic E-state index is 0.0894. The molecule has 0 aromatic heterocycles. The van der Waals surface area contributed by atoms with Crippen molar-refractivity contribution < 1.29 is 9.31 Å². The molecule has 1 aliphatic heterocycles. The van der Waals surface area contributed by atoms with Crippen molar-refractivity contribution in [2.45, 2.75) is 6.04 Å². The van der Waals surface area contributed by atoms with Crippen LogP contribution in [0.5, 0.6) is 0 Å². The predicted octanol–water partition coefficient (Wildman–Crippen LogP) is 4.79. The summed E-state index contributed by atoms with van der Waals surface area (Å²) >= 11 is 18.8. The van der Waals surface area contributed by atoms with Gasteiger partial charge < -0.3 is 4.74 Å². The normalized spacial score (nSPS) is 17.1. The molecule has 1 aliphatic rings. The van der Waals surface area contributed by atoms with Crippen molar-refractivity contribution in [3.8, 4) is 0 Å². The fourth-order valence-electron chi connectivity index (χ4n) is 2.86. The van der Waals surface area contributed by atoms with Crippen LogP contribution in [-0.4, -0.2) is 24.6 Å². The van der Waals surface area contributed by atoms with Crippen LogP contribution < -0.4 is 0 Å². The monoisotopic (exact) mass is 340 g/mol. The summed E-state index contributed by atoms with van der Waals surface area (Å²) in [5.41, 5.74) is 3.00. The summed E-state index contributed by atoms with van der Waals surface area (Å²) in [7, 11) is 3.63. The molecule has 0 N–H and O–H groups in total. The van der Waals surface area contributed by atoms with Crippen molar-refractivity contribution in [1.82, 2.24) is 0 Å². The third-order valence-corrected chi connectivity index (χ3v) is 4.55. The number of nitrogens with zero attached hydrogens (tertiary/aromatic N) is 1. The summed E-state index contributed by atoms with van der Waals surface area (Å²) in [6.07, 6.45) is 0. The Morgan fingerprint density at radius 2 is 1.67 bits per heavy atom. The molecule has 21 heavy (non-hydrogen) atoms. The molecule has 1 unspecified atom stereocenters. The fourth-order valence-corrected chi connectivity index (χ4v) is 3.89. The van der Waals surface area contributed by atoms with Crippen LogP contribution in [0.4, 0.5) is 0 Å². The summed E-state index contributed by atoms with van der Waals surface area (Å²) in [5.74, 6) is 0.803. The van der Waals surface area contributed by atoms with Gasteiger partial charge in [0.1, 0.15) is 7.05 Å². The van der Waals surface area contributed by atoms with Gasteiger partial charge in [0.05, 0.1) is 28.3 Å². The molecule has 108 valence electrons. The lowest BCUT2D eigenvalue weighted by atomic mass is 9.97. The summed E-state index contributed by atoms with van der Waals surface area (Å²) in [5, 5.41) is 1.63. The largest absolute Gasteiger partial charge is 0.448 e. The van der Waals surface area contributed by atoms with Crippen LogP contribution in [0.15, 0.2) is 36.4 Å². The van der Waals surface area contributed by atoms with E-state index in [1.165, 1.54) is 0 Å². The van der Waals surface area contributed by atoms with Gasteiger partial charge in [0.15, 0.2) is 0 Å². The van der Waals surface area contributed by atoms with Gasteiger partial charge in [-0.1, -0.05) is 53.0 Å². The van der Waals surface area contributed by atoms with Gasteiger partial charge in [-0.05, 0) is 18.2 Å². The minimum Gasteiger partial charge on any atom is -0.448 e. The fraction of sp³-hybridized carbons (Fsp3) is 0.188. The highest BCUT2D eigenvalue weighted by molar-refractivity contribution is 6.39. The number of fused-ring (bicyclic) bond motifs is 1. The molecule has 0 fully saturated rings. The standard InChI is InChI=1S/C16H13Cl3NO/c1-20-15(14-12(18)7-9(17)8-13(14)19)10-5-3-4-6-11(10)16(20)21-2/h3-8,15H,1-2H3/q+1. The van der Waals surface area contributed by atoms with Crippen LogP contribution >= 0.6 is 34.8 Å². The first kappa shape index (κ1) is 14.7. The highest BCUT2D eigenvalue weighted by Crippen LogP contribution is 2.41. The maximum atomic E-state index is 6.39. The zero-order valence-electron chi connectivity index (χ0n) is 11.5. The van der Waals surface area contributed by atoms with E-state index in [4.69, 9.17) is 39.5 Å². The number of rotatable bonds is 1. The van der Waals surface area contributed by atoms with Crippen molar-refractivity contribution in [3.63, 3.8) is 0 Å². The molecule has 0 bridgehead atoms. The maximum Gasteiger partial charge on any atom is 0.370 e.